The second kappa shape index (κ2) is 5.48. The number of rotatable bonds is 6. The fourth-order valence-corrected chi connectivity index (χ4v) is 1.80. The monoisotopic (exact) mass is 242 g/mol. The molecule has 0 saturated heterocycles. The maximum Gasteiger partial charge on any atom is 0.161 e. The van der Waals surface area contributed by atoms with Gasteiger partial charge in [0.2, 0.25) is 0 Å². The number of nitrogens with two attached hydrogens (primary N) is 1. The molecule has 0 aromatic carbocycles. The van der Waals surface area contributed by atoms with Crippen molar-refractivity contribution < 1.29 is 9.47 Å². The Kier molecular flexibility index (Phi) is 4.50. The van der Waals surface area contributed by atoms with Crippen LogP contribution in [0.15, 0.2) is 6.20 Å². The number of hydrogen-bond acceptors (Lipinski definition) is 5. The Hall–Kier alpha value is -1.11. The van der Waals surface area contributed by atoms with Crippen LogP contribution in [0.5, 0.6) is 5.75 Å². The largest absolute Gasteiger partial charge is 0.493 e. The number of methoxy groups -OCH3 is 2. The number of nitrogens with one attached hydrogen (secondary N) is 1. The summed E-state index contributed by atoms with van der Waals surface area (Å²) in [4.78, 5) is 0. The maximum atomic E-state index is 5.65. The summed E-state index contributed by atoms with van der Waals surface area (Å²) in [6.45, 7) is 6.69. The molecule has 0 saturated carbocycles. The highest BCUT2D eigenvalue weighted by atomic mass is 16.5. The Morgan fingerprint density at radius 3 is 2.59 bits per heavy atom. The second-order valence-corrected chi connectivity index (χ2v) is 4.32. The number of aryl methyl sites for hydroxylation is 1. The van der Waals surface area contributed by atoms with Crippen LogP contribution in [-0.2, 0) is 11.3 Å². The first-order valence-electron chi connectivity index (χ1n) is 5.62. The standard InChI is InChI=1S/C11H22N4O2/c1-6-15-9(8(16-4)7-13-15)10(14-12)11(2,3)17-5/h7,10,14H,6,12H2,1-5H3. The highest BCUT2D eigenvalue weighted by Gasteiger charge is 2.34. The predicted molar refractivity (Wildman–Crippen MR) is 65.6 cm³/mol. The third-order valence-electron chi connectivity index (χ3n) is 3.03. The van der Waals surface area contributed by atoms with Crippen LogP contribution in [0.1, 0.15) is 32.5 Å². The molecule has 1 atom stereocenters. The zero-order valence-electron chi connectivity index (χ0n) is 11.2. The van der Waals surface area contributed by atoms with Crippen LogP contribution in [-0.4, -0.2) is 29.6 Å². The van der Waals surface area contributed by atoms with E-state index < -0.39 is 5.60 Å². The molecule has 1 rings (SSSR count). The molecule has 0 aliphatic rings. The first kappa shape index (κ1) is 14.0. The molecule has 1 unspecified atom stereocenters. The van der Waals surface area contributed by atoms with E-state index in [0.29, 0.717) is 5.75 Å². The Morgan fingerprint density at radius 1 is 1.53 bits per heavy atom. The zero-order chi connectivity index (χ0) is 13.1. The van der Waals surface area contributed by atoms with Gasteiger partial charge < -0.3 is 9.47 Å². The van der Waals surface area contributed by atoms with Gasteiger partial charge in [-0.25, -0.2) is 5.43 Å². The van der Waals surface area contributed by atoms with E-state index in [2.05, 4.69) is 10.5 Å². The minimum absolute atomic E-state index is 0.204. The van der Waals surface area contributed by atoms with E-state index in [-0.39, 0.29) is 6.04 Å². The van der Waals surface area contributed by atoms with Gasteiger partial charge >= 0.3 is 0 Å². The summed E-state index contributed by atoms with van der Waals surface area (Å²) in [6, 6.07) is -0.204. The third kappa shape index (κ3) is 2.59. The Balaban J connectivity index is 3.23. The van der Waals surface area contributed by atoms with Crippen molar-refractivity contribution in [3.8, 4) is 5.75 Å². The molecule has 0 bridgehead atoms. The molecule has 1 heterocycles. The fraction of sp³-hybridized carbons (Fsp3) is 0.727. The molecule has 0 spiro atoms. The van der Waals surface area contributed by atoms with Gasteiger partial charge in [-0.1, -0.05) is 0 Å². The van der Waals surface area contributed by atoms with Gasteiger partial charge in [-0.05, 0) is 20.8 Å². The van der Waals surface area contributed by atoms with E-state index in [9.17, 15) is 0 Å². The van der Waals surface area contributed by atoms with Crippen molar-refractivity contribution in [2.24, 2.45) is 5.84 Å². The van der Waals surface area contributed by atoms with Crippen LogP contribution in [0, 0.1) is 0 Å². The van der Waals surface area contributed by atoms with Crippen LogP contribution in [0.3, 0.4) is 0 Å². The van der Waals surface area contributed by atoms with Crippen LogP contribution in [0.25, 0.3) is 0 Å². The Labute approximate surface area is 102 Å². The van der Waals surface area contributed by atoms with Gasteiger partial charge in [-0.2, -0.15) is 5.10 Å². The molecule has 0 aliphatic heterocycles. The molecule has 0 amide bonds. The summed E-state index contributed by atoms with van der Waals surface area (Å²) >= 11 is 0. The minimum Gasteiger partial charge on any atom is -0.493 e. The number of ether oxygens (including phenoxy) is 2. The van der Waals surface area contributed by atoms with Gasteiger partial charge in [0.25, 0.3) is 0 Å². The lowest BCUT2D eigenvalue weighted by molar-refractivity contribution is -0.0141. The maximum absolute atomic E-state index is 5.65. The van der Waals surface area contributed by atoms with Crippen molar-refractivity contribution in [2.75, 3.05) is 14.2 Å². The lowest BCUT2D eigenvalue weighted by Gasteiger charge is -2.33. The SMILES string of the molecule is CCn1ncc(OC)c1C(NN)C(C)(C)OC. The summed E-state index contributed by atoms with van der Waals surface area (Å²) in [7, 11) is 3.28. The van der Waals surface area contributed by atoms with Crippen LogP contribution in [0.2, 0.25) is 0 Å². The van der Waals surface area contributed by atoms with Crippen molar-refractivity contribution in [1.82, 2.24) is 15.2 Å². The smallest absolute Gasteiger partial charge is 0.161 e. The van der Waals surface area contributed by atoms with E-state index >= 15 is 0 Å². The van der Waals surface area contributed by atoms with Crippen molar-refractivity contribution >= 4 is 0 Å². The van der Waals surface area contributed by atoms with E-state index in [1.807, 2.05) is 25.5 Å². The molecule has 1 aromatic rings. The van der Waals surface area contributed by atoms with E-state index in [0.717, 1.165) is 12.2 Å². The average Bonchev–Trinajstić information content (AvgIpc) is 2.72. The van der Waals surface area contributed by atoms with Gasteiger partial charge in [-0.15, -0.1) is 0 Å². The van der Waals surface area contributed by atoms with Crippen molar-refractivity contribution in [3.05, 3.63) is 11.9 Å². The quantitative estimate of drug-likeness (QED) is 0.571. The lowest BCUT2D eigenvalue weighted by atomic mass is 9.95. The number of hydrogen-bond donors (Lipinski definition) is 2. The lowest BCUT2D eigenvalue weighted by Crippen LogP contribution is -2.45. The molecule has 0 aliphatic carbocycles. The third-order valence-corrected chi connectivity index (χ3v) is 3.03. The molecular formula is C11H22N4O2. The molecular weight excluding hydrogens is 220 g/mol. The van der Waals surface area contributed by atoms with Gasteiger partial charge in [0.15, 0.2) is 5.75 Å². The number of aromatic nitrogens is 2. The predicted octanol–water partition coefficient (Wildman–Crippen LogP) is 0.841. The normalized spacial score (nSPS) is 13.8. The van der Waals surface area contributed by atoms with Gasteiger partial charge in [0, 0.05) is 13.7 Å². The summed E-state index contributed by atoms with van der Waals surface area (Å²) in [5, 5.41) is 4.26. The summed E-state index contributed by atoms with van der Waals surface area (Å²) in [6.07, 6.45) is 1.69. The average molecular weight is 242 g/mol. The topological polar surface area (TPSA) is 74.3 Å². The summed E-state index contributed by atoms with van der Waals surface area (Å²) < 4.78 is 12.6. The molecule has 6 nitrogen and oxygen atoms in total. The Morgan fingerprint density at radius 2 is 2.18 bits per heavy atom. The highest BCUT2D eigenvalue weighted by molar-refractivity contribution is 5.30. The van der Waals surface area contributed by atoms with Crippen molar-refractivity contribution in [3.63, 3.8) is 0 Å². The van der Waals surface area contributed by atoms with Crippen molar-refractivity contribution in [2.45, 2.75) is 39.0 Å². The molecule has 6 heteroatoms. The molecule has 3 N–H and O–H groups in total. The van der Waals surface area contributed by atoms with Crippen molar-refractivity contribution in [1.29, 1.82) is 0 Å². The molecule has 0 fully saturated rings. The van der Waals surface area contributed by atoms with Crippen LogP contribution in [0.4, 0.5) is 0 Å². The minimum atomic E-state index is -0.463. The fourth-order valence-electron chi connectivity index (χ4n) is 1.80. The number of hydrazine groups is 1. The Bertz CT molecular complexity index is 341. The van der Waals surface area contributed by atoms with Gasteiger partial charge in [-0.3, -0.25) is 10.5 Å². The summed E-state index contributed by atoms with van der Waals surface area (Å²) in [5.41, 5.74) is 3.21. The number of nitrogens with zero attached hydrogens (tertiary/aromatic N) is 2. The molecule has 17 heavy (non-hydrogen) atoms. The van der Waals surface area contributed by atoms with Gasteiger partial charge in [0.05, 0.1) is 24.9 Å². The molecule has 98 valence electrons. The van der Waals surface area contributed by atoms with E-state index in [1.165, 1.54) is 0 Å². The molecule has 1 aromatic heterocycles. The first-order chi connectivity index (χ1) is 8.01. The first-order valence-corrected chi connectivity index (χ1v) is 5.62. The highest BCUT2D eigenvalue weighted by Crippen LogP contribution is 2.33. The van der Waals surface area contributed by atoms with Crippen LogP contribution < -0.4 is 16.0 Å². The second-order valence-electron chi connectivity index (χ2n) is 4.32. The zero-order valence-corrected chi connectivity index (χ0v) is 11.2. The van der Waals surface area contributed by atoms with Crippen LogP contribution >= 0.6 is 0 Å². The van der Waals surface area contributed by atoms with E-state index in [1.54, 1.807) is 20.4 Å². The summed E-state index contributed by atoms with van der Waals surface area (Å²) in [5.74, 6) is 6.35. The van der Waals surface area contributed by atoms with E-state index in [4.69, 9.17) is 15.3 Å². The molecule has 0 radical (unpaired) electrons. The van der Waals surface area contributed by atoms with Gasteiger partial charge in [0.1, 0.15) is 5.69 Å².